The predicted molar refractivity (Wildman–Crippen MR) is 89.2 cm³/mol. The minimum absolute atomic E-state index is 0.0103. The van der Waals surface area contributed by atoms with Crippen LogP contribution in [0.1, 0.15) is 17.2 Å². The summed E-state index contributed by atoms with van der Waals surface area (Å²) in [6.45, 7) is 0. The number of ether oxygens (including phenoxy) is 1. The molecule has 23 heavy (non-hydrogen) atoms. The Kier molecular flexibility index (Phi) is 3.31. The first-order chi connectivity index (χ1) is 11.3. The molecule has 0 radical (unpaired) electrons. The van der Waals surface area contributed by atoms with Crippen LogP contribution in [0.2, 0.25) is 0 Å². The number of methoxy groups -OCH3 is 1. The monoisotopic (exact) mass is 304 g/mol. The Bertz CT molecular complexity index is 854. The number of benzene rings is 2. The predicted octanol–water partition coefficient (Wildman–Crippen LogP) is 3.34. The fraction of sp³-hybridized carbons (Fsp3) is 0.111. The number of hydrogen-bond acceptors (Lipinski definition) is 4. The highest BCUT2D eigenvalue weighted by Gasteiger charge is 2.23. The Labute approximate surface area is 134 Å². The lowest BCUT2D eigenvalue weighted by Gasteiger charge is -2.24. The molecule has 114 valence electrons. The van der Waals surface area contributed by atoms with Gasteiger partial charge in [-0.1, -0.05) is 42.5 Å². The zero-order valence-electron chi connectivity index (χ0n) is 12.7. The normalized spacial score (nSPS) is 16.2. The zero-order chi connectivity index (χ0) is 15.6. The quantitative estimate of drug-likeness (QED) is 0.806. The third-order valence-corrected chi connectivity index (χ3v) is 3.93. The largest absolute Gasteiger partial charge is 0.497 e. The van der Waals surface area contributed by atoms with Gasteiger partial charge in [0, 0.05) is 11.3 Å². The highest BCUT2D eigenvalue weighted by Crippen LogP contribution is 2.32. The van der Waals surface area contributed by atoms with Crippen LogP contribution in [-0.2, 0) is 0 Å². The van der Waals surface area contributed by atoms with Gasteiger partial charge < -0.3 is 10.1 Å². The van der Waals surface area contributed by atoms with E-state index in [9.17, 15) is 0 Å². The van der Waals surface area contributed by atoms with Gasteiger partial charge in [0.1, 0.15) is 18.1 Å². The van der Waals surface area contributed by atoms with Crippen LogP contribution >= 0.6 is 0 Å². The zero-order valence-corrected chi connectivity index (χ0v) is 12.7. The standard InChI is InChI=1S/C18H16N4O/c1-23-15-9-5-8-14(10-15)16-11-17(13-6-3-2-4-7-13)22-18(21-16)19-12-20-22/h2-12,17H,1H3,(H,19,20,21)/t17-/m0/s1. The molecule has 0 saturated heterocycles. The maximum atomic E-state index is 5.32. The fourth-order valence-corrected chi connectivity index (χ4v) is 2.78. The number of hydrogen-bond donors (Lipinski definition) is 1. The molecule has 0 unspecified atom stereocenters. The van der Waals surface area contributed by atoms with Gasteiger partial charge in [-0.05, 0) is 23.8 Å². The minimum atomic E-state index is 0.0103. The Morgan fingerprint density at radius 2 is 1.96 bits per heavy atom. The van der Waals surface area contributed by atoms with Gasteiger partial charge in [-0.25, -0.2) is 4.68 Å². The molecule has 0 saturated carbocycles. The summed E-state index contributed by atoms with van der Waals surface area (Å²) in [6, 6.07) is 18.3. The summed E-state index contributed by atoms with van der Waals surface area (Å²) in [4.78, 5) is 4.32. The molecule has 5 nitrogen and oxygen atoms in total. The van der Waals surface area contributed by atoms with Gasteiger partial charge in [0.25, 0.3) is 0 Å². The number of anilines is 1. The van der Waals surface area contributed by atoms with Gasteiger partial charge in [-0.2, -0.15) is 10.1 Å². The Balaban J connectivity index is 1.80. The molecule has 5 heteroatoms. The molecule has 4 rings (SSSR count). The van der Waals surface area contributed by atoms with E-state index in [0.29, 0.717) is 0 Å². The number of nitrogens with zero attached hydrogens (tertiary/aromatic N) is 3. The summed E-state index contributed by atoms with van der Waals surface area (Å²) in [6.07, 6.45) is 3.73. The lowest BCUT2D eigenvalue weighted by Crippen LogP contribution is -2.20. The van der Waals surface area contributed by atoms with E-state index >= 15 is 0 Å². The summed E-state index contributed by atoms with van der Waals surface area (Å²) in [5, 5.41) is 7.69. The average Bonchev–Trinajstić information content (AvgIpc) is 3.10. The summed E-state index contributed by atoms with van der Waals surface area (Å²) >= 11 is 0. The highest BCUT2D eigenvalue weighted by atomic mass is 16.5. The van der Waals surface area contributed by atoms with Crippen LogP contribution in [0, 0.1) is 0 Å². The van der Waals surface area contributed by atoms with Crippen molar-refractivity contribution in [3.63, 3.8) is 0 Å². The van der Waals surface area contributed by atoms with Gasteiger partial charge >= 0.3 is 0 Å². The maximum Gasteiger partial charge on any atom is 0.226 e. The molecule has 0 fully saturated rings. The molecular weight excluding hydrogens is 288 g/mol. The van der Waals surface area contributed by atoms with E-state index in [1.54, 1.807) is 13.4 Å². The number of nitrogens with one attached hydrogen (secondary N) is 1. The van der Waals surface area contributed by atoms with Crippen LogP contribution in [0.25, 0.3) is 5.70 Å². The van der Waals surface area contributed by atoms with Gasteiger partial charge in [0.15, 0.2) is 0 Å². The van der Waals surface area contributed by atoms with Crippen molar-refractivity contribution in [2.45, 2.75) is 6.04 Å². The first kappa shape index (κ1) is 13.6. The van der Waals surface area contributed by atoms with Gasteiger partial charge in [0.05, 0.1) is 7.11 Å². The summed E-state index contributed by atoms with van der Waals surface area (Å²) in [5.41, 5.74) is 3.22. The van der Waals surface area contributed by atoms with E-state index in [-0.39, 0.29) is 6.04 Å². The molecule has 1 atom stereocenters. The van der Waals surface area contributed by atoms with E-state index in [1.807, 2.05) is 41.1 Å². The van der Waals surface area contributed by atoms with E-state index in [4.69, 9.17) is 4.74 Å². The first-order valence-corrected chi connectivity index (χ1v) is 7.43. The molecule has 3 aromatic rings. The van der Waals surface area contributed by atoms with Crippen molar-refractivity contribution in [3.05, 3.63) is 78.1 Å². The first-order valence-electron chi connectivity index (χ1n) is 7.43. The second-order valence-electron chi connectivity index (χ2n) is 5.32. The molecule has 0 spiro atoms. The van der Waals surface area contributed by atoms with E-state index in [0.717, 1.165) is 23.0 Å². The van der Waals surface area contributed by atoms with E-state index in [1.165, 1.54) is 5.56 Å². The van der Waals surface area contributed by atoms with Crippen molar-refractivity contribution in [2.75, 3.05) is 12.4 Å². The molecule has 2 aromatic carbocycles. The number of allylic oxidation sites excluding steroid dienone is 1. The smallest absolute Gasteiger partial charge is 0.226 e. The molecule has 1 N–H and O–H groups in total. The topological polar surface area (TPSA) is 52.0 Å². The molecule has 1 aromatic heterocycles. The third kappa shape index (κ3) is 2.46. The second kappa shape index (κ2) is 5.61. The number of aromatic nitrogens is 3. The summed E-state index contributed by atoms with van der Waals surface area (Å²) in [7, 11) is 1.67. The molecular formula is C18H16N4O. The fourth-order valence-electron chi connectivity index (χ4n) is 2.78. The summed E-state index contributed by atoms with van der Waals surface area (Å²) < 4.78 is 7.21. The van der Waals surface area contributed by atoms with Crippen molar-refractivity contribution in [2.24, 2.45) is 0 Å². The van der Waals surface area contributed by atoms with Crippen LogP contribution in [0.15, 0.2) is 67.0 Å². The highest BCUT2D eigenvalue weighted by molar-refractivity contribution is 5.77. The summed E-state index contributed by atoms with van der Waals surface area (Å²) in [5.74, 6) is 1.56. The van der Waals surface area contributed by atoms with E-state index < -0.39 is 0 Å². The SMILES string of the molecule is COc1cccc(C2=C[C@@H](c3ccccc3)n3ncnc3N2)c1. The lowest BCUT2D eigenvalue weighted by atomic mass is 10.0. The van der Waals surface area contributed by atoms with Gasteiger partial charge in [0.2, 0.25) is 5.95 Å². The second-order valence-corrected chi connectivity index (χ2v) is 5.32. The Morgan fingerprint density at radius 1 is 1.09 bits per heavy atom. The molecule has 0 aliphatic carbocycles. The molecule has 0 bridgehead atoms. The van der Waals surface area contributed by atoms with Crippen molar-refractivity contribution in [1.29, 1.82) is 0 Å². The number of rotatable bonds is 3. The van der Waals surface area contributed by atoms with E-state index in [2.05, 4.69) is 39.7 Å². The van der Waals surface area contributed by atoms with Crippen LogP contribution in [0.4, 0.5) is 5.95 Å². The molecule has 2 heterocycles. The Morgan fingerprint density at radius 3 is 2.78 bits per heavy atom. The van der Waals surface area contributed by atoms with Crippen LogP contribution < -0.4 is 10.1 Å². The molecule has 1 aliphatic heterocycles. The van der Waals surface area contributed by atoms with Crippen LogP contribution in [0.3, 0.4) is 0 Å². The van der Waals surface area contributed by atoms with Crippen LogP contribution in [0.5, 0.6) is 5.75 Å². The number of fused-ring (bicyclic) bond motifs is 1. The van der Waals surface area contributed by atoms with Crippen molar-refractivity contribution in [3.8, 4) is 5.75 Å². The third-order valence-electron chi connectivity index (χ3n) is 3.93. The van der Waals surface area contributed by atoms with Gasteiger partial charge in [-0.15, -0.1) is 0 Å². The van der Waals surface area contributed by atoms with Gasteiger partial charge in [-0.3, -0.25) is 0 Å². The minimum Gasteiger partial charge on any atom is -0.497 e. The Hall–Kier alpha value is -3.08. The van der Waals surface area contributed by atoms with Crippen molar-refractivity contribution >= 4 is 11.6 Å². The van der Waals surface area contributed by atoms with Crippen molar-refractivity contribution < 1.29 is 4.74 Å². The molecule has 0 amide bonds. The molecule has 1 aliphatic rings. The van der Waals surface area contributed by atoms with Crippen molar-refractivity contribution in [1.82, 2.24) is 14.8 Å². The maximum absolute atomic E-state index is 5.32. The lowest BCUT2D eigenvalue weighted by molar-refractivity contribution is 0.414. The van der Waals surface area contributed by atoms with Crippen LogP contribution in [-0.4, -0.2) is 21.9 Å². The average molecular weight is 304 g/mol.